The second kappa shape index (κ2) is 12.6. The first kappa shape index (κ1) is 25.9. The van der Waals surface area contributed by atoms with Crippen molar-refractivity contribution < 1.29 is 32.5 Å². The Morgan fingerprint density at radius 2 is 1.66 bits per heavy atom. The molecule has 0 radical (unpaired) electrons. The normalized spacial score (nSPS) is 12.5. The number of hydrogen-bond acceptors (Lipinski definition) is 7. The molecule has 178 valence electrons. The summed E-state index contributed by atoms with van der Waals surface area (Å²) in [6, 6.07) is 9.77. The van der Waals surface area contributed by atoms with Gasteiger partial charge in [0.05, 0.1) is 4.90 Å². The van der Waals surface area contributed by atoms with E-state index in [2.05, 4.69) is 18.6 Å². The van der Waals surface area contributed by atoms with Crippen LogP contribution in [0.2, 0.25) is 0 Å². The van der Waals surface area contributed by atoms with Crippen LogP contribution in [0.1, 0.15) is 44.7 Å². The summed E-state index contributed by atoms with van der Waals surface area (Å²) >= 11 is 0. The van der Waals surface area contributed by atoms with Crippen LogP contribution in [0.25, 0.3) is 0 Å². The van der Waals surface area contributed by atoms with Crippen LogP contribution >= 0.6 is 0 Å². The molecule has 0 saturated carbocycles. The summed E-state index contributed by atoms with van der Waals surface area (Å²) in [5, 5.41) is 10.1. The zero-order chi connectivity index (χ0) is 23.6. The smallest absolute Gasteiger partial charge is 0.240 e. The molecule has 0 atom stereocenters. The third-order valence-electron chi connectivity index (χ3n) is 4.49. The van der Waals surface area contributed by atoms with Crippen molar-refractivity contribution in [2.24, 2.45) is 0 Å². The summed E-state index contributed by atoms with van der Waals surface area (Å²) in [6.45, 7) is 9.59. The van der Waals surface area contributed by atoms with Gasteiger partial charge in [0.2, 0.25) is 22.6 Å². The van der Waals surface area contributed by atoms with Gasteiger partial charge in [0, 0.05) is 25.3 Å². The molecule has 0 unspecified atom stereocenters. The average Bonchev–Trinajstić information content (AvgIpc) is 3.26. The molecule has 3 rings (SSSR count). The Hall–Kier alpha value is -2.33. The highest BCUT2D eigenvalue weighted by Gasteiger charge is 2.21. The van der Waals surface area contributed by atoms with Gasteiger partial charge in [0.25, 0.3) is 0 Å². The number of rotatable bonds is 10. The number of hydrogen-bond donors (Lipinski definition) is 2. The van der Waals surface area contributed by atoms with E-state index in [4.69, 9.17) is 18.9 Å². The lowest BCUT2D eigenvalue weighted by molar-refractivity contribution is -0.130. The van der Waals surface area contributed by atoms with Gasteiger partial charge in [-0.2, -0.15) is 0 Å². The van der Waals surface area contributed by atoms with Crippen molar-refractivity contribution in [2.45, 2.75) is 58.3 Å². The van der Waals surface area contributed by atoms with Gasteiger partial charge in [-0.3, -0.25) is 0 Å². The minimum Gasteiger partial charge on any atom is -0.504 e. The fourth-order valence-electron chi connectivity index (χ4n) is 2.73. The molecule has 2 N–H and O–H groups in total. The van der Waals surface area contributed by atoms with Crippen LogP contribution in [0, 0.1) is 6.92 Å². The number of fused-ring (bicyclic) bond motifs is 1. The summed E-state index contributed by atoms with van der Waals surface area (Å²) in [4.78, 5) is 0.179. The van der Waals surface area contributed by atoms with Gasteiger partial charge in [-0.15, -0.1) is 0 Å². The average molecular weight is 468 g/mol. The molecule has 0 spiro atoms. The van der Waals surface area contributed by atoms with E-state index in [1.807, 2.05) is 13.8 Å². The van der Waals surface area contributed by atoms with E-state index in [1.54, 1.807) is 24.3 Å². The number of phenolic OH excluding ortho intramolecular Hbond substituents is 1. The molecule has 0 aromatic heterocycles. The second-order valence-electron chi connectivity index (χ2n) is 7.25. The van der Waals surface area contributed by atoms with E-state index in [9.17, 15) is 13.5 Å². The first-order chi connectivity index (χ1) is 15.3. The Balaban J connectivity index is 0.000000309. The predicted molar refractivity (Wildman–Crippen MR) is 121 cm³/mol. The van der Waals surface area contributed by atoms with Gasteiger partial charge in [-0.1, -0.05) is 37.6 Å². The number of aryl methyl sites for hydroxylation is 1. The molecule has 2 aromatic carbocycles. The molecule has 0 bridgehead atoms. The molecule has 32 heavy (non-hydrogen) atoms. The van der Waals surface area contributed by atoms with Gasteiger partial charge < -0.3 is 24.1 Å². The van der Waals surface area contributed by atoms with Crippen molar-refractivity contribution in [1.82, 2.24) is 4.72 Å². The Morgan fingerprint density at radius 3 is 2.25 bits per heavy atom. The lowest BCUT2D eigenvalue weighted by Crippen LogP contribution is -2.23. The van der Waals surface area contributed by atoms with Crippen LogP contribution in [-0.2, 0) is 26.0 Å². The minimum atomic E-state index is -3.64. The fourth-order valence-corrected chi connectivity index (χ4v) is 3.74. The van der Waals surface area contributed by atoms with Crippen LogP contribution in [0.3, 0.4) is 0 Å². The van der Waals surface area contributed by atoms with Gasteiger partial charge in [-0.25, -0.2) is 13.1 Å². The highest BCUT2D eigenvalue weighted by Crippen LogP contribution is 2.42. The lowest BCUT2D eigenvalue weighted by Gasteiger charge is -2.12. The Labute approximate surface area is 190 Å². The SMILES string of the molecule is CCCOC(C)OCCC.Cc1ccc(S(=O)(=O)NCc2ccc3c(c2O)OCO3)cc1. The molecular weight excluding hydrogens is 434 g/mol. The highest BCUT2D eigenvalue weighted by atomic mass is 32.2. The molecule has 1 aliphatic rings. The number of nitrogens with one attached hydrogen (secondary N) is 1. The van der Waals surface area contributed by atoms with E-state index in [1.165, 1.54) is 12.1 Å². The minimum absolute atomic E-state index is 0.0279. The quantitative estimate of drug-likeness (QED) is 0.507. The summed E-state index contributed by atoms with van der Waals surface area (Å²) < 4.78 is 47.7. The third kappa shape index (κ3) is 7.67. The predicted octanol–water partition coefficient (Wildman–Crippen LogP) is 4.09. The van der Waals surface area contributed by atoms with Crippen LogP contribution in [-0.4, -0.2) is 39.8 Å². The van der Waals surface area contributed by atoms with E-state index < -0.39 is 10.0 Å². The Kier molecular flexibility index (Phi) is 10.2. The van der Waals surface area contributed by atoms with Gasteiger partial charge in [0.1, 0.15) is 0 Å². The standard InChI is InChI=1S/C15H15NO5S.C8H18O2/c1-10-2-5-12(6-3-10)22(18,19)16-8-11-4-7-13-15(14(11)17)21-9-20-13;1-4-6-9-8(3)10-7-5-2/h2-7,16-17H,8-9H2,1H3;8H,4-7H2,1-3H3. The van der Waals surface area contributed by atoms with E-state index in [-0.39, 0.29) is 36.0 Å². The van der Waals surface area contributed by atoms with Crippen molar-refractivity contribution in [3.05, 3.63) is 47.5 Å². The first-order valence-electron chi connectivity index (χ1n) is 10.7. The number of phenols is 1. The van der Waals surface area contributed by atoms with Crippen molar-refractivity contribution in [3.8, 4) is 17.2 Å². The van der Waals surface area contributed by atoms with Crippen LogP contribution in [0.4, 0.5) is 0 Å². The summed E-state index contributed by atoms with van der Waals surface area (Å²) in [5.74, 6) is 0.580. The van der Waals surface area contributed by atoms with Crippen molar-refractivity contribution in [1.29, 1.82) is 0 Å². The van der Waals surface area contributed by atoms with Crippen LogP contribution < -0.4 is 14.2 Å². The molecule has 1 heterocycles. The first-order valence-corrected chi connectivity index (χ1v) is 12.2. The number of sulfonamides is 1. The zero-order valence-corrected chi connectivity index (χ0v) is 19.9. The van der Waals surface area contributed by atoms with Crippen LogP contribution in [0.5, 0.6) is 17.2 Å². The number of benzene rings is 2. The van der Waals surface area contributed by atoms with Gasteiger partial charge in [-0.05, 0) is 44.9 Å². The Bertz CT molecular complexity index is 938. The molecule has 2 aromatic rings. The van der Waals surface area contributed by atoms with Crippen molar-refractivity contribution in [3.63, 3.8) is 0 Å². The zero-order valence-electron chi connectivity index (χ0n) is 19.1. The van der Waals surface area contributed by atoms with E-state index >= 15 is 0 Å². The monoisotopic (exact) mass is 467 g/mol. The topological polar surface area (TPSA) is 103 Å². The highest BCUT2D eigenvalue weighted by molar-refractivity contribution is 7.89. The van der Waals surface area contributed by atoms with E-state index in [0.29, 0.717) is 11.3 Å². The van der Waals surface area contributed by atoms with Gasteiger partial charge >= 0.3 is 0 Å². The lowest BCUT2D eigenvalue weighted by atomic mass is 10.2. The third-order valence-corrected chi connectivity index (χ3v) is 5.91. The molecule has 8 nitrogen and oxygen atoms in total. The maximum Gasteiger partial charge on any atom is 0.240 e. The van der Waals surface area contributed by atoms with Gasteiger partial charge in [0.15, 0.2) is 17.8 Å². The number of aromatic hydroxyl groups is 1. The Morgan fingerprint density at radius 1 is 1.03 bits per heavy atom. The molecule has 0 fully saturated rings. The number of ether oxygens (including phenoxy) is 4. The molecule has 0 saturated heterocycles. The molecular formula is C23H33NO7S. The fraction of sp³-hybridized carbons (Fsp3) is 0.478. The van der Waals surface area contributed by atoms with Crippen molar-refractivity contribution >= 4 is 10.0 Å². The maximum absolute atomic E-state index is 12.2. The summed E-state index contributed by atoms with van der Waals surface area (Å²) in [6.07, 6.45) is 2.08. The van der Waals surface area contributed by atoms with Crippen LogP contribution in [0.15, 0.2) is 41.3 Å². The summed E-state index contributed by atoms with van der Waals surface area (Å²) in [7, 11) is -3.64. The molecule has 0 amide bonds. The maximum atomic E-state index is 12.2. The van der Waals surface area contributed by atoms with Crippen molar-refractivity contribution in [2.75, 3.05) is 20.0 Å². The summed E-state index contributed by atoms with van der Waals surface area (Å²) in [5.41, 5.74) is 1.40. The molecule has 9 heteroatoms. The second-order valence-corrected chi connectivity index (χ2v) is 9.02. The molecule has 0 aliphatic carbocycles. The van der Waals surface area contributed by atoms with E-state index in [0.717, 1.165) is 31.6 Å². The molecule has 1 aliphatic heterocycles. The largest absolute Gasteiger partial charge is 0.504 e.